The molecule has 0 aliphatic heterocycles. The van der Waals surface area contributed by atoms with Crippen LogP contribution < -0.4 is 5.32 Å². The average molecular weight is 398 g/mol. The maximum atomic E-state index is 12.8. The van der Waals surface area contributed by atoms with E-state index in [9.17, 15) is 9.18 Å². The van der Waals surface area contributed by atoms with Gasteiger partial charge in [0.2, 0.25) is 11.8 Å². The van der Waals surface area contributed by atoms with E-state index in [0.717, 1.165) is 11.8 Å². The van der Waals surface area contributed by atoms with Crippen molar-refractivity contribution in [2.75, 3.05) is 11.1 Å². The lowest BCUT2D eigenvalue weighted by atomic mass is 10.2. The number of amides is 1. The largest absolute Gasteiger partial charge is 0.411 e. The molecule has 3 rings (SSSR count). The van der Waals surface area contributed by atoms with Crippen LogP contribution in [-0.2, 0) is 4.79 Å². The predicted molar refractivity (Wildman–Crippen MR) is 95.5 cm³/mol. The number of hydrogen-bond donors (Lipinski definition) is 1. The molecule has 0 aliphatic rings. The lowest BCUT2D eigenvalue weighted by Crippen LogP contribution is -2.13. The Bertz CT molecular complexity index is 903. The fourth-order valence-electron chi connectivity index (χ4n) is 1.90. The number of aromatic nitrogens is 2. The number of hydrogen-bond acceptors (Lipinski definition) is 5. The lowest BCUT2D eigenvalue weighted by Gasteiger charge is -2.03. The van der Waals surface area contributed by atoms with Crippen LogP contribution in [0.25, 0.3) is 11.5 Å². The van der Waals surface area contributed by atoms with Crippen LogP contribution in [0.2, 0.25) is 10.0 Å². The summed E-state index contributed by atoms with van der Waals surface area (Å²) in [6, 6.07) is 10.4. The smallest absolute Gasteiger partial charge is 0.277 e. The molecule has 0 unspecified atom stereocenters. The van der Waals surface area contributed by atoms with E-state index < -0.39 is 0 Å². The van der Waals surface area contributed by atoms with Gasteiger partial charge in [-0.2, -0.15) is 0 Å². The van der Waals surface area contributed by atoms with Gasteiger partial charge in [-0.15, -0.1) is 10.2 Å². The fourth-order valence-corrected chi connectivity index (χ4v) is 2.95. The second-order valence-electron chi connectivity index (χ2n) is 4.84. The Hall–Kier alpha value is -2.09. The van der Waals surface area contributed by atoms with Crippen molar-refractivity contribution in [3.8, 4) is 11.5 Å². The molecule has 0 bridgehead atoms. The van der Waals surface area contributed by atoms with Gasteiger partial charge in [0.1, 0.15) is 5.82 Å². The number of nitrogens with one attached hydrogen (secondary N) is 1. The van der Waals surface area contributed by atoms with Crippen LogP contribution in [0, 0.1) is 5.82 Å². The van der Waals surface area contributed by atoms with Gasteiger partial charge in [-0.25, -0.2) is 4.39 Å². The molecule has 128 valence electrons. The molecule has 5 nitrogen and oxygen atoms in total. The van der Waals surface area contributed by atoms with E-state index in [2.05, 4.69) is 15.5 Å². The minimum absolute atomic E-state index is 0.0629. The third-order valence-corrected chi connectivity index (χ3v) is 4.39. The number of nitrogens with zero attached hydrogens (tertiary/aromatic N) is 2. The number of rotatable bonds is 5. The Morgan fingerprint density at radius 1 is 1.16 bits per heavy atom. The molecule has 1 amide bonds. The summed E-state index contributed by atoms with van der Waals surface area (Å²) in [4.78, 5) is 11.9. The molecule has 1 heterocycles. The minimum atomic E-state index is -0.369. The molecule has 0 spiro atoms. The molecule has 3 aromatic rings. The van der Waals surface area contributed by atoms with Crippen LogP contribution in [0.15, 0.2) is 52.1 Å². The number of halogens is 3. The molecule has 0 atom stereocenters. The number of carbonyl (C=O) groups is 1. The highest BCUT2D eigenvalue weighted by molar-refractivity contribution is 7.99. The second-order valence-corrected chi connectivity index (χ2v) is 6.61. The summed E-state index contributed by atoms with van der Waals surface area (Å²) in [6.07, 6.45) is 0. The van der Waals surface area contributed by atoms with Crippen molar-refractivity contribution in [1.29, 1.82) is 0 Å². The lowest BCUT2D eigenvalue weighted by molar-refractivity contribution is -0.113. The van der Waals surface area contributed by atoms with Crippen molar-refractivity contribution in [2.24, 2.45) is 0 Å². The van der Waals surface area contributed by atoms with E-state index in [1.807, 2.05) is 0 Å². The van der Waals surface area contributed by atoms with E-state index in [0.29, 0.717) is 21.3 Å². The van der Waals surface area contributed by atoms with Crippen LogP contribution >= 0.6 is 35.0 Å². The highest BCUT2D eigenvalue weighted by Gasteiger charge is 2.14. The molecule has 9 heteroatoms. The summed E-state index contributed by atoms with van der Waals surface area (Å²) < 4.78 is 18.3. The zero-order valence-electron chi connectivity index (χ0n) is 12.5. The molecule has 25 heavy (non-hydrogen) atoms. The standard InChI is InChI=1S/C16H10Cl2FN3O2S/c17-9-1-6-12(13(18)7-9)15-21-22-16(24-15)25-8-14(23)20-11-4-2-10(19)3-5-11/h1-7H,8H2,(H,20,23). The van der Waals surface area contributed by atoms with Crippen LogP contribution in [0.1, 0.15) is 0 Å². The Morgan fingerprint density at radius 2 is 1.92 bits per heavy atom. The number of carbonyl (C=O) groups excluding carboxylic acids is 1. The second kappa shape index (κ2) is 7.86. The summed E-state index contributed by atoms with van der Waals surface area (Å²) in [5, 5.41) is 11.5. The molecule has 2 aromatic carbocycles. The van der Waals surface area contributed by atoms with Gasteiger partial charge in [0.15, 0.2) is 0 Å². The van der Waals surface area contributed by atoms with Crippen LogP contribution in [0.5, 0.6) is 0 Å². The van der Waals surface area contributed by atoms with Crippen LogP contribution in [-0.4, -0.2) is 21.9 Å². The van der Waals surface area contributed by atoms with Crippen LogP contribution in [0.4, 0.5) is 10.1 Å². The predicted octanol–water partition coefficient (Wildman–Crippen LogP) is 4.91. The van der Waals surface area contributed by atoms with Crippen molar-refractivity contribution < 1.29 is 13.6 Å². The third-order valence-electron chi connectivity index (χ3n) is 3.02. The van der Waals surface area contributed by atoms with Crippen molar-refractivity contribution in [1.82, 2.24) is 10.2 Å². The minimum Gasteiger partial charge on any atom is -0.411 e. The third kappa shape index (κ3) is 4.72. The topological polar surface area (TPSA) is 68.0 Å². The summed E-state index contributed by atoms with van der Waals surface area (Å²) in [5.41, 5.74) is 1.06. The summed E-state index contributed by atoms with van der Waals surface area (Å²) in [7, 11) is 0. The molecule has 1 aromatic heterocycles. The summed E-state index contributed by atoms with van der Waals surface area (Å²) in [5.74, 6) is -0.344. The Balaban J connectivity index is 1.59. The van der Waals surface area contributed by atoms with Gasteiger partial charge in [-0.05, 0) is 42.5 Å². The Kier molecular flexibility index (Phi) is 5.57. The van der Waals surface area contributed by atoms with Crippen molar-refractivity contribution in [2.45, 2.75) is 5.22 Å². The van der Waals surface area contributed by atoms with Gasteiger partial charge < -0.3 is 9.73 Å². The fraction of sp³-hybridized carbons (Fsp3) is 0.0625. The summed E-state index contributed by atoms with van der Waals surface area (Å²) in [6.45, 7) is 0. The first-order valence-electron chi connectivity index (χ1n) is 6.98. The zero-order valence-corrected chi connectivity index (χ0v) is 14.8. The molecule has 0 radical (unpaired) electrons. The van der Waals surface area contributed by atoms with Crippen molar-refractivity contribution in [3.63, 3.8) is 0 Å². The maximum Gasteiger partial charge on any atom is 0.277 e. The van der Waals surface area contributed by atoms with E-state index >= 15 is 0 Å². The van der Waals surface area contributed by atoms with E-state index in [1.165, 1.54) is 24.3 Å². The highest BCUT2D eigenvalue weighted by Crippen LogP contribution is 2.31. The van der Waals surface area contributed by atoms with E-state index in [-0.39, 0.29) is 28.6 Å². The number of anilines is 1. The van der Waals surface area contributed by atoms with Crippen molar-refractivity contribution in [3.05, 3.63) is 58.3 Å². The molecule has 0 saturated heterocycles. The van der Waals surface area contributed by atoms with E-state index in [1.54, 1.807) is 18.2 Å². The van der Waals surface area contributed by atoms with Gasteiger partial charge in [-0.3, -0.25) is 4.79 Å². The number of benzene rings is 2. The Morgan fingerprint density at radius 3 is 2.64 bits per heavy atom. The molecule has 1 N–H and O–H groups in total. The molecule has 0 aliphatic carbocycles. The van der Waals surface area contributed by atoms with Gasteiger partial charge in [0, 0.05) is 10.7 Å². The first-order valence-corrected chi connectivity index (χ1v) is 8.72. The number of thioether (sulfide) groups is 1. The van der Waals surface area contributed by atoms with Crippen molar-refractivity contribution >= 4 is 46.6 Å². The Labute approximate surface area is 156 Å². The molecule has 0 fully saturated rings. The van der Waals surface area contributed by atoms with Gasteiger partial charge in [0.05, 0.1) is 16.3 Å². The van der Waals surface area contributed by atoms with Gasteiger partial charge in [0.25, 0.3) is 5.22 Å². The first kappa shape index (κ1) is 17.7. The molecule has 0 saturated carbocycles. The van der Waals surface area contributed by atoms with Gasteiger partial charge in [-0.1, -0.05) is 35.0 Å². The highest BCUT2D eigenvalue weighted by atomic mass is 35.5. The zero-order chi connectivity index (χ0) is 17.8. The van der Waals surface area contributed by atoms with E-state index in [4.69, 9.17) is 27.6 Å². The maximum absolute atomic E-state index is 12.8. The SMILES string of the molecule is O=C(CSc1nnc(-c2ccc(Cl)cc2Cl)o1)Nc1ccc(F)cc1. The summed E-state index contributed by atoms with van der Waals surface area (Å²) >= 11 is 13.0. The molecular weight excluding hydrogens is 388 g/mol. The van der Waals surface area contributed by atoms with Gasteiger partial charge >= 0.3 is 0 Å². The normalized spacial score (nSPS) is 10.7. The average Bonchev–Trinajstić information content (AvgIpc) is 3.04. The monoisotopic (exact) mass is 397 g/mol. The first-order chi connectivity index (χ1) is 12.0. The molecular formula is C16H10Cl2FN3O2S. The van der Waals surface area contributed by atoms with Crippen LogP contribution in [0.3, 0.4) is 0 Å². The quantitative estimate of drug-likeness (QED) is 0.619.